The number of para-hydroxylation sites is 1. The Kier molecular flexibility index (Phi) is 5.71. The van der Waals surface area contributed by atoms with Crippen molar-refractivity contribution in [2.75, 3.05) is 10.6 Å². The van der Waals surface area contributed by atoms with Gasteiger partial charge in [0.15, 0.2) is 0 Å². The van der Waals surface area contributed by atoms with Gasteiger partial charge in [-0.2, -0.15) is 0 Å². The van der Waals surface area contributed by atoms with Crippen molar-refractivity contribution >= 4 is 23.2 Å². The van der Waals surface area contributed by atoms with Crippen LogP contribution in [-0.4, -0.2) is 11.8 Å². The van der Waals surface area contributed by atoms with Crippen LogP contribution < -0.4 is 10.6 Å². The molecule has 1 saturated carbocycles. The fourth-order valence-electron chi connectivity index (χ4n) is 3.57. The summed E-state index contributed by atoms with van der Waals surface area (Å²) in [5.74, 6) is 0.0974. The molecule has 2 aromatic rings. The molecule has 2 N–H and O–H groups in total. The summed E-state index contributed by atoms with van der Waals surface area (Å²) < 4.78 is 0. The van der Waals surface area contributed by atoms with Gasteiger partial charge in [-0.25, -0.2) is 0 Å². The van der Waals surface area contributed by atoms with Gasteiger partial charge in [-0.15, -0.1) is 0 Å². The van der Waals surface area contributed by atoms with Crippen LogP contribution in [-0.2, 0) is 9.59 Å². The van der Waals surface area contributed by atoms with Gasteiger partial charge in [0.25, 0.3) is 0 Å². The average Bonchev–Trinajstić information content (AvgIpc) is 2.65. The zero-order chi connectivity index (χ0) is 18.5. The summed E-state index contributed by atoms with van der Waals surface area (Å²) in [5, 5.41) is 6.02. The van der Waals surface area contributed by atoms with E-state index in [2.05, 4.69) is 16.7 Å². The molecule has 0 heterocycles. The monoisotopic (exact) mass is 350 g/mol. The maximum Gasteiger partial charge on any atom is 0.227 e. The molecule has 0 bridgehead atoms. The second-order valence-corrected chi connectivity index (χ2v) is 7.21. The minimum atomic E-state index is -0.0171. The minimum Gasteiger partial charge on any atom is -0.326 e. The van der Waals surface area contributed by atoms with Crippen LogP contribution >= 0.6 is 0 Å². The van der Waals surface area contributed by atoms with Gasteiger partial charge in [0.1, 0.15) is 0 Å². The van der Waals surface area contributed by atoms with Crippen molar-refractivity contribution in [3.63, 3.8) is 0 Å². The molecule has 0 aromatic heterocycles. The Morgan fingerprint density at radius 1 is 0.808 bits per heavy atom. The summed E-state index contributed by atoms with van der Waals surface area (Å²) in [5.41, 5.74) is 3.97. The van der Waals surface area contributed by atoms with Gasteiger partial charge >= 0.3 is 0 Å². The van der Waals surface area contributed by atoms with Gasteiger partial charge in [0.05, 0.1) is 0 Å². The van der Waals surface area contributed by atoms with Crippen molar-refractivity contribution in [1.82, 2.24) is 0 Å². The maximum absolute atomic E-state index is 12.6. The lowest BCUT2D eigenvalue weighted by atomic mass is 9.81. The Hall–Kier alpha value is -2.62. The van der Waals surface area contributed by atoms with Crippen molar-refractivity contribution in [2.45, 2.75) is 39.5 Å². The first-order valence-corrected chi connectivity index (χ1v) is 9.27. The number of nitrogens with one attached hydrogen (secondary N) is 2. The van der Waals surface area contributed by atoms with Gasteiger partial charge in [-0.3, -0.25) is 9.59 Å². The topological polar surface area (TPSA) is 58.2 Å². The number of rotatable bonds is 4. The molecule has 4 nitrogen and oxygen atoms in total. The van der Waals surface area contributed by atoms with Gasteiger partial charge in [0, 0.05) is 23.2 Å². The Balaban J connectivity index is 1.51. The largest absolute Gasteiger partial charge is 0.326 e. The maximum atomic E-state index is 12.6. The molecule has 1 aliphatic rings. The molecule has 136 valence electrons. The van der Waals surface area contributed by atoms with E-state index < -0.39 is 0 Å². The zero-order valence-corrected chi connectivity index (χ0v) is 15.4. The molecule has 26 heavy (non-hydrogen) atoms. The lowest BCUT2D eigenvalue weighted by Gasteiger charge is -2.27. The van der Waals surface area contributed by atoms with E-state index in [0.29, 0.717) is 0 Å². The molecule has 0 atom stereocenters. The summed E-state index contributed by atoms with van der Waals surface area (Å²) in [6, 6.07) is 15.6. The third kappa shape index (κ3) is 4.51. The number of benzene rings is 2. The third-order valence-corrected chi connectivity index (χ3v) is 5.15. The number of carbonyl (C=O) groups excluding carboxylic acids is 2. The second kappa shape index (κ2) is 8.17. The van der Waals surface area contributed by atoms with E-state index in [1.807, 2.05) is 56.3 Å². The molecule has 1 fully saturated rings. The molecule has 2 amide bonds. The average molecular weight is 350 g/mol. The predicted molar refractivity (Wildman–Crippen MR) is 105 cm³/mol. The van der Waals surface area contributed by atoms with Crippen LogP contribution in [0, 0.1) is 25.7 Å². The van der Waals surface area contributed by atoms with E-state index >= 15 is 0 Å². The van der Waals surface area contributed by atoms with Crippen LogP contribution in [0.2, 0.25) is 0 Å². The molecule has 2 aromatic carbocycles. The normalized spacial score (nSPS) is 19.6. The van der Waals surface area contributed by atoms with Crippen molar-refractivity contribution in [3.05, 3.63) is 59.7 Å². The highest BCUT2D eigenvalue weighted by Gasteiger charge is 2.30. The molecular weight excluding hydrogens is 324 g/mol. The van der Waals surface area contributed by atoms with Crippen LogP contribution in [0.5, 0.6) is 0 Å². The lowest BCUT2D eigenvalue weighted by molar-refractivity contribution is -0.125. The molecule has 0 unspecified atom stereocenters. The molecule has 0 saturated heterocycles. The van der Waals surface area contributed by atoms with E-state index in [9.17, 15) is 9.59 Å². The van der Waals surface area contributed by atoms with E-state index in [0.717, 1.165) is 42.6 Å². The number of anilines is 2. The van der Waals surface area contributed by atoms with Crippen molar-refractivity contribution < 1.29 is 9.59 Å². The van der Waals surface area contributed by atoms with Crippen molar-refractivity contribution in [1.29, 1.82) is 0 Å². The molecule has 0 aliphatic heterocycles. The number of amides is 2. The molecular formula is C22H26N2O2. The quantitative estimate of drug-likeness (QED) is 0.840. The van der Waals surface area contributed by atoms with Gasteiger partial charge in [0.2, 0.25) is 11.8 Å². The molecule has 1 aliphatic carbocycles. The molecule has 0 spiro atoms. The van der Waals surface area contributed by atoms with Crippen LogP contribution in [0.4, 0.5) is 11.4 Å². The summed E-state index contributed by atoms with van der Waals surface area (Å²) in [4.78, 5) is 25.0. The number of carbonyl (C=O) groups is 2. The highest BCUT2D eigenvalue weighted by atomic mass is 16.2. The summed E-state index contributed by atoms with van der Waals surface area (Å²) in [7, 11) is 0. The smallest absolute Gasteiger partial charge is 0.227 e. The Bertz CT molecular complexity index is 778. The van der Waals surface area contributed by atoms with E-state index in [-0.39, 0.29) is 23.7 Å². The van der Waals surface area contributed by atoms with E-state index in [4.69, 9.17) is 0 Å². The first-order valence-electron chi connectivity index (χ1n) is 9.27. The fraction of sp³-hybridized carbons (Fsp3) is 0.364. The van der Waals surface area contributed by atoms with Crippen molar-refractivity contribution in [3.8, 4) is 0 Å². The van der Waals surface area contributed by atoms with E-state index in [1.54, 1.807) is 0 Å². The highest BCUT2D eigenvalue weighted by Crippen LogP contribution is 2.31. The first-order chi connectivity index (χ1) is 12.5. The number of hydrogen-bond donors (Lipinski definition) is 2. The van der Waals surface area contributed by atoms with Gasteiger partial charge in [-0.05, 0) is 63.3 Å². The lowest BCUT2D eigenvalue weighted by Crippen LogP contribution is -2.32. The van der Waals surface area contributed by atoms with E-state index in [1.165, 1.54) is 5.56 Å². The van der Waals surface area contributed by atoms with Crippen LogP contribution in [0.1, 0.15) is 36.8 Å². The fourth-order valence-corrected chi connectivity index (χ4v) is 3.57. The molecule has 0 radical (unpaired) electrons. The SMILES string of the molecule is Cc1ccc(NC(=O)C2CCC(C(=O)Nc3ccccc3)CC2)c(C)c1. The highest BCUT2D eigenvalue weighted by molar-refractivity contribution is 5.94. The summed E-state index contributed by atoms with van der Waals surface area (Å²) in [6.45, 7) is 4.05. The molecule has 3 rings (SSSR count). The van der Waals surface area contributed by atoms with Gasteiger partial charge in [-0.1, -0.05) is 35.9 Å². The van der Waals surface area contributed by atoms with Crippen LogP contribution in [0.3, 0.4) is 0 Å². The number of hydrogen-bond acceptors (Lipinski definition) is 2. The number of aryl methyl sites for hydroxylation is 2. The molecule has 4 heteroatoms. The standard InChI is InChI=1S/C22H26N2O2/c1-15-8-13-20(16(2)14-15)24-22(26)18-11-9-17(10-12-18)21(25)23-19-6-4-3-5-7-19/h3-8,13-14,17-18H,9-12H2,1-2H3,(H,23,25)(H,24,26). The summed E-state index contributed by atoms with van der Waals surface area (Å²) in [6.07, 6.45) is 3.01. The summed E-state index contributed by atoms with van der Waals surface area (Å²) >= 11 is 0. The Labute approximate surface area is 155 Å². The van der Waals surface area contributed by atoms with Crippen LogP contribution in [0.15, 0.2) is 48.5 Å². The Morgan fingerprint density at radius 3 is 1.96 bits per heavy atom. The third-order valence-electron chi connectivity index (χ3n) is 5.15. The van der Waals surface area contributed by atoms with Crippen molar-refractivity contribution in [2.24, 2.45) is 11.8 Å². The predicted octanol–water partition coefficient (Wildman–Crippen LogP) is 4.69. The minimum absolute atomic E-state index is 0.0135. The Morgan fingerprint density at radius 2 is 1.38 bits per heavy atom. The zero-order valence-electron chi connectivity index (χ0n) is 15.4. The van der Waals surface area contributed by atoms with Gasteiger partial charge < -0.3 is 10.6 Å². The first kappa shape index (κ1) is 18.2. The van der Waals surface area contributed by atoms with Crippen LogP contribution in [0.25, 0.3) is 0 Å². The second-order valence-electron chi connectivity index (χ2n) is 7.21.